The average Bonchev–Trinajstić information content (AvgIpc) is 2.31. The third-order valence-corrected chi connectivity index (χ3v) is 2.36. The summed E-state index contributed by atoms with van der Waals surface area (Å²) in [6.07, 6.45) is 3.95. The number of benzene rings is 1. The van der Waals surface area contributed by atoms with Gasteiger partial charge in [-0.2, -0.15) is 0 Å². The van der Waals surface area contributed by atoms with Gasteiger partial charge >= 0.3 is 0 Å². The van der Waals surface area contributed by atoms with Crippen molar-refractivity contribution in [2.24, 2.45) is 9.98 Å². The first kappa shape index (κ1) is 10.5. The normalized spacial score (nSPS) is 14.2. The number of hydrogen-bond donors (Lipinski definition) is 2. The number of aliphatic imine (C=N–C) groups is 2. The number of anilines is 1. The zero-order valence-electron chi connectivity index (χ0n) is 9.09. The fourth-order valence-corrected chi connectivity index (χ4v) is 1.59. The lowest BCUT2D eigenvalue weighted by Gasteiger charge is -2.22. The van der Waals surface area contributed by atoms with Gasteiger partial charge in [0.15, 0.2) is 0 Å². The largest absolute Gasteiger partial charge is 0.508 e. The van der Waals surface area contributed by atoms with Crippen molar-refractivity contribution in [3.8, 4) is 5.75 Å². The van der Waals surface area contributed by atoms with Crippen LogP contribution in [0, 0.1) is 0 Å². The van der Waals surface area contributed by atoms with E-state index < -0.39 is 0 Å². The minimum absolute atomic E-state index is 0.310. The van der Waals surface area contributed by atoms with Crippen molar-refractivity contribution < 1.29 is 5.11 Å². The van der Waals surface area contributed by atoms with E-state index in [1.807, 2.05) is 13.0 Å². The molecule has 16 heavy (non-hydrogen) atoms. The highest BCUT2D eigenvalue weighted by atomic mass is 16.3. The third kappa shape index (κ3) is 2.13. The Bertz CT molecular complexity index is 428. The van der Waals surface area contributed by atoms with Gasteiger partial charge in [0.2, 0.25) is 0 Å². The van der Waals surface area contributed by atoms with Gasteiger partial charge in [0.25, 0.3) is 0 Å². The van der Waals surface area contributed by atoms with Crippen molar-refractivity contribution in [1.29, 1.82) is 0 Å². The summed E-state index contributed by atoms with van der Waals surface area (Å²) in [5, 5.41) is 11.5. The Hall–Kier alpha value is -2.04. The highest BCUT2D eigenvalue weighted by Gasteiger charge is 2.08. The van der Waals surface area contributed by atoms with E-state index in [-0.39, 0.29) is 0 Å². The molecule has 0 aromatic heterocycles. The van der Waals surface area contributed by atoms with Crippen LogP contribution in [0.25, 0.3) is 0 Å². The first-order chi connectivity index (χ1) is 7.81. The minimum Gasteiger partial charge on any atom is -0.508 e. The summed E-state index contributed by atoms with van der Waals surface area (Å²) in [6, 6.07) is 5.42. The Morgan fingerprint density at radius 1 is 1.50 bits per heavy atom. The summed E-state index contributed by atoms with van der Waals surface area (Å²) >= 11 is 0. The number of hydrazine groups is 1. The Morgan fingerprint density at radius 2 is 2.38 bits per heavy atom. The molecular formula is C11H14N4O. The van der Waals surface area contributed by atoms with E-state index in [9.17, 15) is 5.11 Å². The summed E-state index contributed by atoms with van der Waals surface area (Å²) in [6.45, 7) is 2.52. The van der Waals surface area contributed by atoms with Gasteiger partial charge in [-0.15, -0.1) is 0 Å². The SMILES string of the molecule is CCc1c(O)cccc1NN1C=NC=NC1. The highest BCUT2D eigenvalue weighted by molar-refractivity contribution is 5.74. The maximum atomic E-state index is 9.70. The Morgan fingerprint density at radius 3 is 3.06 bits per heavy atom. The second-order valence-corrected chi connectivity index (χ2v) is 3.44. The first-order valence-electron chi connectivity index (χ1n) is 5.17. The number of rotatable bonds is 3. The van der Waals surface area contributed by atoms with Gasteiger partial charge < -0.3 is 5.11 Å². The van der Waals surface area contributed by atoms with Gasteiger partial charge in [-0.3, -0.25) is 15.4 Å². The lowest BCUT2D eigenvalue weighted by molar-refractivity contribution is 0.467. The molecule has 0 aliphatic carbocycles. The maximum Gasteiger partial charge on any atom is 0.132 e. The second kappa shape index (κ2) is 4.65. The third-order valence-electron chi connectivity index (χ3n) is 2.36. The summed E-state index contributed by atoms with van der Waals surface area (Å²) in [5.41, 5.74) is 4.93. The van der Waals surface area contributed by atoms with Crippen LogP contribution in [-0.4, -0.2) is 29.5 Å². The second-order valence-electron chi connectivity index (χ2n) is 3.44. The molecule has 0 saturated carbocycles. The van der Waals surface area contributed by atoms with Crippen LogP contribution in [0.2, 0.25) is 0 Å². The van der Waals surface area contributed by atoms with E-state index in [1.165, 1.54) is 6.34 Å². The fourth-order valence-electron chi connectivity index (χ4n) is 1.59. The van der Waals surface area contributed by atoms with E-state index >= 15 is 0 Å². The average molecular weight is 218 g/mol. The topological polar surface area (TPSA) is 60.2 Å². The molecule has 5 heteroatoms. The van der Waals surface area contributed by atoms with Gasteiger partial charge in [0, 0.05) is 5.56 Å². The van der Waals surface area contributed by atoms with Crippen molar-refractivity contribution >= 4 is 18.4 Å². The lowest BCUT2D eigenvalue weighted by Crippen LogP contribution is -2.30. The summed E-state index contributed by atoms with van der Waals surface area (Å²) < 4.78 is 0. The summed E-state index contributed by atoms with van der Waals surface area (Å²) in [4.78, 5) is 7.93. The molecule has 1 aromatic rings. The molecule has 1 heterocycles. The molecule has 0 amide bonds. The molecule has 84 valence electrons. The predicted molar refractivity (Wildman–Crippen MR) is 64.8 cm³/mol. The number of nitrogens with one attached hydrogen (secondary N) is 1. The monoisotopic (exact) mass is 218 g/mol. The number of nitrogens with zero attached hydrogens (tertiary/aromatic N) is 3. The van der Waals surface area contributed by atoms with E-state index in [0.29, 0.717) is 12.4 Å². The van der Waals surface area contributed by atoms with Crippen LogP contribution in [0.1, 0.15) is 12.5 Å². The molecule has 0 fully saturated rings. The van der Waals surface area contributed by atoms with E-state index in [0.717, 1.165) is 17.7 Å². The van der Waals surface area contributed by atoms with Crippen LogP contribution < -0.4 is 5.43 Å². The highest BCUT2D eigenvalue weighted by Crippen LogP contribution is 2.25. The van der Waals surface area contributed by atoms with Crippen LogP contribution in [0.4, 0.5) is 5.69 Å². The number of hydrogen-bond acceptors (Lipinski definition) is 5. The van der Waals surface area contributed by atoms with Crippen molar-refractivity contribution in [3.05, 3.63) is 23.8 Å². The van der Waals surface area contributed by atoms with Gasteiger partial charge in [-0.25, -0.2) is 4.99 Å². The van der Waals surface area contributed by atoms with Gasteiger partial charge in [-0.05, 0) is 18.6 Å². The molecule has 1 aliphatic rings. The van der Waals surface area contributed by atoms with Crippen LogP contribution in [0.3, 0.4) is 0 Å². The van der Waals surface area contributed by atoms with Crippen LogP contribution in [0.15, 0.2) is 28.2 Å². The number of aromatic hydroxyl groups is 1. The smallest absolute Gasteiger partial charge is 0.132 e. The molecule has 0 spiro atoms. The molecule has 0 bridgehead atoms. The molecule has 0 atom stereocenters. The number of phenols is 1. The summed E-state index contributed by atoms with van der Waals surface area (Å²) in [5.74, 6) is 0.310. The molecule has 2 N–H and O–H groups in total. The van der Waals surface area contributed by atoms with Gasteiger partial charge in [0.1, 0.15) is 25.1 Å². The van der Waals surface area contributed by atoms with Crippen molar-refractivity contribution in [1.82, 2.24) is 5.01 Å². The van der Waals surface area contributed by atoms with E-state index in [1.54, 1.807) is 23.5 Å². The molecule has 1 aromatic carbocycles. The van der Waals surface area contributed by atoms with Gasteiger partial charge in [-0.1, -0.05) is 13.0 Å². The van der Waals surface area contributed by atoms with E-state index in [4.69, 9.17) is 0 Å². The zero-order chi connectivity index (χ0) is 11.4. The van der Waals surface area contributed by atoms with Crippen molar-refractivity contribution in [2.75, 3.05) is 12.1 Å². The molecule has 1 aliphatic heterocycles. The maximum absolute atomic E-state index is 9.70. The predicted octanol–water partition coefficient (Wildman–Crippen LogP) is 1.61. The van der Waals surface area contributed by atoms with Crippen LogP contribution in [-0.2, 0) is 6.42 Å². The van der Waals surface area contributed by atoms with Crippen LogP contribution in [0.5, 0.6) is 5.75 Å². The van der Waals surface area contributed by atoms with Crippen molar-refractivity contribution in [2.45, 2.75) is 13.3 Å². The lowest BCUT2D eigenvalue weighted by atomic mass is 10.1. The Balaban J connectivity index is 2.17. The fraction of sp³-hybridized carbons (Fsp3) is 0.273. The quantitative estimate of drug-likeness (QED) is 0.810. The number of phenolic OH excluding ortho intramolecular Hbond substituents is 1. The molecule has 0 unspecified atom stereocenters. The minimum atomic E-state index is 0.310. The molecule has 2 rings (SSSR count). The van der Waals surface area contributed by atoms with Gasteiger partial charge in [0.05, 0.1) is 5.69 Å². The molecule has 0 saturated heterocycles. The first-order valence-corrected chi connectivity index (χ1v) is 5.17. The summed E-state index contributed by atoms with van der Waals surface area (Å²) in [7, 11) is 0. The van der Waals surface area contributed by atoms with E-state index in [2.05, 4.69) is 15.4 Å². The molecular weight excluding hydrogens is 204 g/mol. The van der Waals surface area contributed by atoms with Crippen molar-refractivity contribution in [3.63, 3.8) is 0 Å². The Labute approximate surface area is 94.1 Å². The van der Waals surface area contributed by atoms with Crippen LogP contribution >= 0.6 is 0 Å². The Kier molecular flexibility index (Phi) is 3.05. The molecule has 0 radical (unpaired) electrons. The zero-order valence-corrected chi connectivity index (χ0v) is 9.09. The molecule has 5 nitrogen and oxygen atoms in total. The standard InChI is InChI=1S/C11H14N4O/c1-2-9-10(4-3-5-11(9)16)14-15-7-12-6-13-8-15/h3-7,14,16H,2,8H2,1H3.